The van der Waals surface area contributed by atoms with Gasteiger partial charge in [-0.25, -0.2) is 18.0 Å². The van der Waals surface area contributed by atoms with Crippen LogP contribution >= 0.6 is 0 Å². The fourth-order valence-electron chi connectivity index (χ4n) is 5.78. The normalized spacial score (nSPS) is 14.3. The highest BCUT2D eigenvalue weighted by Crippen LogP contribution is 2.34. The molecule has 244 valence electrons. The molecule has 1 saturated heterocycles. The highest BCUT2D eigenvalue weighted by molar-refractivity contribution is 7.92. The van der Waals surface area contributed by atoms with Crippen molar-refractivity contribution in [1.82, 2.24) is 4.90 Å². The third kappa shape index (κ3) is 7.39. The molecule has 3 aromatic carbocycles. The summed E-state index contributed by atoms with van der Waals surface area (Å²) in [5, 5.41) is 0.542. The lowest BCUT2D eigenvalue weighted by atomic mass is 9.89. The molecule has 10 heteroatoms. The van der Waals surface area contributed by atoms with E-state index in [0.717, 1.165) is 24.0 Å². The average molecular weight is 647 g/mol. The number of furan rings is 1. The third-order valence-corrected chi connectivity index (χ3v) is 10.0. The van der Waals surface area contributed by atoms with Crippen molar-refractivity contribution in [3.63, 3.8) is 0 Å². The summed E-state index contributed by atoms with van der Waals surface area (Å²) in [5.41, 5.74) is 3.10. The Labute approximate surface area is 271 Å². The lowest BCUT2D eigenvalue weighted by Crippen LogP contribution is -2.41. The summed E-state index contributed by atoms with van der Waals surface area (Å²) in [6.07, 6.45) is 1.82. The summed E-state index contributed by atoms with van der Waals surface area (Å²) in [6, 6.07) is 22.1. The van der Waals surface area contributed by atoms with Gasteiger partial charge in [0.15, 0.2) is 0 Å². The second-order valence-electron chi connectivity index (χ2n) is 12.6. The van der Waals surface area contributed by atoms with E-state index < -0.39 is 21.6 Å². The number of esters is 1. The molecule has 1 amide bonds. The molecule has 1 fully saturated rings. The molecule has 1 aromatic heterocycles. The lowest BCUT2D eigenvalue weighted by molar-refractivity contribution is 0.0204. The lowest BCUT2D eigenvalue weighted by Gasteiger charge is -2.33. The zero-order valence-corrected chi connectivity index (χ0v) is 27.9. The van der Waals surface area contributed by atoms with E-state index in [1.54, 1.807) is 30.9 Å². The number of ether oxygens (including phenoxy) is 2. The number of piperidine rings is 1. The summed E-state index contributed by atoms with van der Waals surface area (Å²) >= 11 is 0. The molecule has 2 heterocycles. The Balaban J connectivity index is 1.40. The molecule has 0 aliphatic carbocycles. The van der Waals surface area contributed by atoms with E-state index in [1.165, 1.54) is 10.4 Å². The van der Waals surface area contributed by atoms with Crippen molar-refractivity contribution in [3.05, 3.63) is 95.2 Å². The van der Waals surface area contributed by atoms with Gasteiger partial charge in [0, 0.05) is 30.6 Å². The van der Waals surface area contributed by atoms with E-state index in [2.05, 4.69) is 0 Å². The zero-order valence-electron chi connectivity index (χ0n) is 27.1. The van der Waals surface area contributed by atoms with Crippen LogP contribution in [0.1, 0.15) is 73.7 Å². The summed E-state index contributed by atoms with van der Waals surface area (Å²) in [4.78, 5) is 26.8. The van der Waals surface area contributed by atoms with Crippen LogP contribution in [0.25, 0.3) is 11.0 Å². The SMILES string of the molecule is CCOC(=O)c1oc2ccc(S(=O)(=O)N(CCc3ccccc3)c3ccc(C4CCN(C(=O)OC(C)(C)C)CC4)cc3)cc2c1C. The monoisotopic (exact) mass is 646 g/mol. The first-order valence-corrected chi connectivity index (χ1v) is 17.2. The molecular weight excluding hydrogens is 604 g/mol. The van der Waals surface area contributed by atoms with Gasteiger partial charge in [0.2, 0.25) is 5.76 Å². The van der Waals surface area contributed by atoms with Crippen molar-refractivity contribution >= 4 is 38.7 Å². The number of benzene rings is 3. The number of anilines is 1. The number of carbonyl (C=O) groups excluding carboxylic acids is 2. The van der Waals surface area contributed by atoms with Gasteiger partial charge >= 0.3 is 12.1 Å². The van der Waals surface area contributed by atoms with Crippen LogP contribution in [0.2, 0.25) is 0 Å². The first kappa shape index (κ1) is 33.1. The summed E-state index contributed by atoms with van der Waals surface area (Å²) in [6.45, 7) is 10.7. The minimum Gasteiger partial charge on any atom is -0.460 e. The Morgan fingerprint density at radius 1 is 0.978 bits per heavy atom. The predicted octanol–water partition coefficient (Wildman–Crippen LogP) is 7.47. The van der Waals surface area contributed by atoms with Gasteiger partial charge < -0.3 is 18.8 Å². The largest absolute Gasteiger partial charge is 0.460 e. The van der Waals surface area contributed by atoms with E-state index in [4.69, 9.17) is 13.9 Å². The number of sulfonamides is 1. The molecule has 0 unspecified atom stereocenters. The Kier molecular flexibility index (Phi) is 9.76. The van der Waals surface area contributed by atoms with Crippen LogP contribution in [0.5, 0.6) is 0 Å². The number of likely N-dealkylation sites (tertiary alicyclic amines) is 1. The van der Waals surface area contributed by atoms with Crippen molar-refractivity contribution in [2.75, 3.05) is 30.5 Å². The van der Waals surface area contributed by atoms with Crippen molar-refractivity contribution in [1.29, 1.82) is 0 Å². The minimum absolute atomic E-state index is 0.0693. The molecule has 0 radical (unpaired) electrons. The molecule has 0 atom stereocenters. The molecule has 0 spiro atoms. The average Bonchev–Trinajstić information content (AvgIpc) is 3.37. The highest BCUT2D eigenvalue weighted by atomic mass is 32.2. The Hall–Kier alpha value is -4.31. The van der Waals surface area contributed by atoms with E-state index in [9.17, 15) is 18.0 Å². The molecule has 4 aromatic rings. The fourth-order valence-corrected chi connectivity index (χ4v) is 7.27. The quantitative estimate of drug-likeness (QED) is 0.174. The van der Waals surface area contributed by atoms with Crippen LogP contribution in [0.4, 0.5) is 10.5 Å². The van der Waals surface area contributed by atoms with Gasteiger partial charge in [-0.3, -0.25) is 4.31 Å². The number of hydrogen-bond donors (Lipinski definition) is 0. The van der Waals surface area contributed by atoms with Crippen molar-refractivity contribution in [2.45, 2.75) is 70.3 Å². The second-order valence-corrected chi connectivity index (χ2v) is 14.4. The fraction of sp³-hybridized carbons (Fsp3) is 0.389. The first-order chi connectivity index (χ1) is 21.9. The Morgan fingerprint density at radius 2 is 1.65 bits per heavy atom. The van der Waals surface area contributed by atoms with Gasteiger partial charge in [0.1, 0.15) is 11.2 Å². The van der Waals surface area contributed by atoms with E-state index in [0.29, 0.717) is 41.7 Å². The smallest absolute Gasteiger partial charge is 0.410 e. The van der Waals surface area contributed by atoms with Gasteiger partial charge in [-0.05, 0) is 101 Å². The van der Waals surface area contributed by atoms with Gasteiger partial charge in [-0.2, -0.15) is 0 Å². The predicted molar refractivity (Wildman–Crippen MR) is 178 cm³/mol. The number of nitrogens with zero attached hydrogens (tertiary/aromatic N) is 2. The van der Waals surface area contributed by atoms with E-state index in [-0.39, 0.29) is 35.8 Å². The number of aryl methyl sites for hydroxylation is 1. The number of amides is 1. The summed E-state index contributed by atoms with van der Waals surface area (Å²) < 4.78 is 46.4. The third-order valence-electron chi connectivity index (χ3n) is 8.20. The van der Waals surface area contributed by atoms with Crippen molar-refractivity contribution < 1.29 is 31.9 Å². The van der Waals surface area contributed by atoms with Crippen LogP contribution in [0.3, 0.4) is 0 Å². The standard InChI is InChI=1S/C36H42N2O7S/c1-6-43-34(39)33-25(2)31-24-30(16-17-32(31)44-33)46(41,42)38(23-18-26-10-8-7-9-11-26)29-14-12-27(13-15-29)28-19-21-37(22-20-28)35(40)45-36(3,4)5/h7-17,24,28H,6,18-23H2,1-5H3. The maximum Gasteiger partial charge on any atom is 0.410 e. The van der Waals surface area contributed by atoms with Crippen LogP contribution in [-0.2, 0) is 25.9 Å². The van der Waals surface area contributed by atoms with Crippen LogP contribution in [-0.4, -0.2) is 57.2 Å². The highest BCUT2D eigenvalue weighted by Gasteiger charge is 2.30. The van der Waals surface area contributed by atoms with Crippen LogP contribution < -0.4 is 4.31 Å². The molecule has 5 rings (SSSR count). The van der Waals surface area contributed by atoms with Crippen LogP contribution in [0.15, 0.2) is 82.1 Å². The van der Waals surface area contributed by atoms with Gasteiger partial charge in [0.25, 0.3) is 10.0 Å². The molecule has 46 heavy (non-hydrogen) atoms. The maximum absolute atomic E-state index is 14.3. The van der Waals surface area contributed by atoms with E-state index >= 15 is 0 Å². The molecule has 1 aliphatic heterocycles. The van der Waals surface area contributed by atoms with Gasteiger partial charge in [0.05, 0.1) is 17.2 Å². The molecule has 1 aliphatic rings. The molecule has 0 N–H and O–H groups in total. The Bertz CT molecular complexity index is 1780. The molecule has 0 saturated carbocycles. The molecular formula is C36H42N2O7S. The van der Waals surface area contributed by atoms with Crippen molar-refractivity contribution in [3.8, 4) is 0 Å². The minimum atomic E-state index is -4.01. The van der Waals surface area contributed by atoms with E-state index in [1.807, 2.05) is 75.4 Å². The van der Waals surface area contributed by atoms with Gasteiger partial charge in [-0.15, -0.1) is 0 Å². The first-order valence-electron chi connectivity index (χ1n) is 15.7. The van der Waals surface area contributed by atoms with Gasteiger partial charge in [-0.1, -0.05) is 42.5 Å². The molecule has 0 bridgehead atoms. The van der Waals surface area contributed by atoms with Crippen LogP contribution in [0, 0.1) is 6.92 Å². The number of fused-ring (bicyclic) bond motifs is 1. The zero-order chi connectivity index (χ0) is 33.1. The maximum atomic E-state index is 14.3. The second kappa shape index (κ2) is 13.6. The summed E-state index contributed by atoms with van der Waals surface area (Å²) in [7, 11) is -4.01. The van der Waals surface area contributed by atoms with Crippen molar-refractivity contribution in [2.24, 2.45) is 0 Å². The topological polar surface area (TPSA) is 106 Å². The number of hydrogen-bond acceptors (Lipinski definition) is 7. The number of carbonyl (C=O) groups is 2. The number of rotatable bonds is 9. The summed E-state index contributed by atoms with van der Waals surface area (Å²) in [5.74, 6) is -0.261. The molecule has 9 nitrogen and oxygen atoms in total. The Morgan fingerprint density at radius 3 is 2.28 bits per heavy atom.